The van der Waals surface area contributed by atoms with Crippen molar-refractivity contribution in [3.8, 4) is 11.1 Å². The highest BCUT2D eigenvalue weighted by Crippen LogP contribution is 2.24. The molecule has 0 fully saturated rings. The predicted octanol–water partition coefficient (Wildman–Crippen LogP) is 3.83. The molecule has 0 radical (unpaired) electrons. The summed E-state index contributed by atoms with van der Waals surface area (Å²) in [4.78, 5) is 0. The highest BCUT2D eigenvalue weighted by Gasteiger charge is 2.05. The lowest BCUT2D eigenvalue weighted by Crippen LogP contribution is -2.03. The molecule has 0 saturated carbocycles. The first-order valence-corrected chi connectivity index (χ1v) is 6.25. The summed E-state index contributed by atoms with van der Waals surface area (Å²) in [5, 5.41) is 9.56. The van der Waals surface area contributed by atoms with Gasteiger partial charge in [0.15, 0.2) is 0 Å². The Bertz CT molecular complexity index is 502. The van der Waals surface area contributed by atoms with Gasteiger partial charge in [-0.1, -0.05) is 60.7 Å². The average molecular weight is 238 g/mol. The summed E-state index contributed by atoms with van der Waals surface area (Å²) in [6.07, 6.45) is 2.74. The Morgan fingerprint density at radius 2 is 1.67 bits per heavy atom. The fraction of sp³-hybridized carbons (Fsp3) is 0.176. The summed E-state index contributed by atoms with van der Waals surface area (Å²) >= 11 is 0. The van der Waals surface area contributed by atoms with Crippen LogP contribution >= 0.6 is 0 Å². The van der Waals surface area contributed by atoms with Crippen molar-refractivity contribution in [1.82, 2.24) is 0 Å². The third-order valence-corrected chi connectivity index (χ3v) is 3.08. The number of aliphatic hydroxyl groups is 1. The fourth-order valence-corrected chi connectivity index (χ4v) is 2.06. The molecule has 92 valence electrons. The first kappa shape index (κ1) is 12.6. The average Bonchev–Trinajstić information content (AvgIpc) is 2.46. The van der Waals surface area contributed by atoms with Crippen LogP contribution in [0.25, 0.3) is 11.1 Å². The van der Waals surface area contributed by atoms with Crippen LogP contribution in [0, 0.1) is 0 Å². The lowest BCUT2D eigenvalue weighted by Gasteiger charge is -2.11. The van der Waals surface area contributed by atoms with E-state index in [9.17, 15) is 5.11 Å². The van der Waals surface area contributed by atoms with Crippen LogP contribution in [0.15, 0.2) is 67.3 Å². The molecule has 0 aliphatic rings. The van der Waals surface area contributed by atoms with E-state index in [4.69, 9.17) is 0 Å². The zero-order chi connectivity index (χ0) is 12.8. The highest BCUT2D eigenvalue weighted by molar-refractivity contribution is 5.67. The Hall–Kier alpha value is -1.86. The van der Waals surface area contributed by atoms with Gasteiger partial charge in [0.1, 0.15) is 0 Å². The van der Waals surface area contributed by atoms with E-state index in [0.29, 0.717) is 6.42 Å². The topological polar surface area (TPSA) is 20.2 Å². The molecule has 18 heavy (non-hydrogen) atoms. The Balaban J connectivity index is 2.23. The molecule has 0 amide bonds. The molecule has 0 saturated heterocycles. The number of hydrogen-bond donors (Lipinski definition) is 1. The van der Waals surface area contributed by atoms with Crippen molar-refractivity contribution in [3.63, 3.8) is 0 Å². The van der Waals surface area contributed by atoms with Gasteiger partial charge in [-0.25, -0.2) is 0 Å². The van der Waals surface area contributed by atoms with Crippen molar-refractivity contribution in [2.75, 3.05) is 0 Å². The van der Waals surface area contributed by atoms with Crippen molar-refractivity contribution in [2.45, 2.75) is 18.9 Å². The van der Waals surface area contributed by atoms with Crippen LogP contribution in [-0.4, -0.2) is 11.2 Å². The standard InChI is InChI=1S/C17H18O/c1-2-16(18)13-12-15-10-6-7-11-17(15)14-8-4-3-5-9-14/h2-11,16,18H,1,12-13H2. The minimum absolute atomic E-state index is 0.422. The molecule has 0 aromatic heterocycles. The maximum atomic E-state index is 9.56. The zero-order valence-corrected chi connectivity index (χ0v) is 10.4. The number of benzene rings is 2. The van der Waals surface area contributed by atoms with Gasteiger partial charge in [0.2, 0.25) is 0 Å². The van der Waals surface area contributed by atoms with E-state index in [2.05, 4.69) is 36.9 Å². The van der Waals surface area contributed by atoms with Crippen molar-refractivity contribution >= 4 is 0 Å². The molecule has 1 N–H and O–H groups in total. The molecule has 0 heterocycles. The van der Waals surface area contributed by atoms with Crippen LogP contribution in [-0.2, 0) is 6.42 Å². The molecule has 1 unspecified atom stereocenters. The Labute approximate surface area is 108 Å². The number of rotatable bonds is 5. The maximum absolute atomic E-state index is 9.56. The van der Waals surface area contributed by atoms with Gasteiger partial charge in [-0.3, -0.25) is 0 Å². The van der Waals surface area contributed by atoms with Crippen LogP contribution < -0.4 is 0 Å². The summed E-state index contributed by atoms with van der Waals surface area (Å²) < 4.78 is 0. The number of aryl methyl sites for hydroxylation is 1. The van der Waals surface area contributed by atoms with Crippen molar-refractivity contribution < 1.29 is 5.11 Å². The Morgan fingerprint density at radius 1 is 1.00 bits per heavy atom. The van der Waals surface area contributed by atoms with Gasteiger partial charge < -0.3 is 5.11 Å². The van der Waals surface area contributed by atoms with Gasteiger partial charge in [0.25, 0.3) is 0 Å². The highest BCUT2D eigenvalue weighted by atomic mass is 16.3. The smallest absolute Gasteiger partial charge is 0.0721 e. The van der Waals surface area contributed by atoms with E-state index in [-0.39, 0.29) is 0 Å². The van der Waals surface area contributed by atoms with Crippen LogP contribution in [0.2, 0.25) is 0 Å². The van der Waals surface area contributed by atoms with Gasteiger partial charge in [0, 0.05) is 0 Å². The fourth-order valence-electron chi connectivity index (χ4n) is 2.06. The van der Waals surface area contributed by atoms with Crippen LogP contribution in [0.1, 0.15) is 12.0 Å². The van der Waals surface area contributed by atoms with Gasteiger partial charge in [-0.15, -0.1) is 6.58 Å². The van der Waals surface area contributed by atoms with Crippen molar-refractivity contribution in [3.05, 3.63) is 72.8 Å². The first-order valence-electron chi connectivity index (χ1n) is 6.25. The summed E-state index contributed by atoms with van der Waals surface area (Å²) in [6.45, 7) is 3.60. The second kappa shape index (κ2) is 6.18. The minimum atomic E-state index is -0.422. The van der Waals surface area contributed by atoms with E-state index >= 15 is 0 Å². The van der Waals surface area contributed by atoms with Crippen LogP contribution in [0.3, 0.4) is 0 Å². The molecule has 0 aliphatic heterocycles. The molecule has 0 spiro atoms. The quantitative estimate of drug-likeness (QED) is 0.785. The van der Waals surface area contributed by atoms with Gasteiger partial charge in [0.05, 0.1) is 6.10 Å². The lowest BCUT2D eigenvalue weighted by molar-refractivity contribution is 0.213. The molecule has 0 bridgehead atoms. The second-order valence-corrected chi connectivity index (χ2v) is 4.36. The SMILES string of the molecule is C=CC(O)CCc1ccccc1-c1ccccc1. The van der Waals surface area contributed by atoms with Crippen LogP contribution in [0.5, 0.6) is 0 Å². The van der Waals surface area contributed by atoms with E-state index in [1.165, 1.54) is 16.7 Å². The first-order chi connectivity index (χ1) is 8.81. The van der Waals surface area contributed by atoms with Gasteiger partial charge in [-0.2, -0.15) is 0 Å². The molecule has 2 aromatic rings. The summed E-state index contributed by atoms with van der Waals surface area (Å²) in [7, 11) is 0. The van der Waals surface area contributed by atoms with Crippen LogP contribution in [0.4, 0.5) is 0 Å². The second-order valence-electron chi connectivity index (χ2n) is 4.36. The third-order valence-electron chi connectivity index (χ3n) is 3.08. The monoisotopic (exact) mass is 238 g/mol. The Morgan fingerprint density at radius 3 is 2.39 bits per heavy atom. The molecule has 1 heteroatoms. The predicted molar refractivity (Wildman–Crippen MR) is 76.4 cm³/mol. The Kier molecular flexibility index (Phi) is 4.32. The van der Waals surface area contributed by atoms with Crippen molar-refractivity contribution in [1.29, 1.82) is 0 Å². The summed E-state index contributed by atoms with van der Waals surface area (Å²) in [5.74, 6) is 0. The molecular weight excluding hydrogens is 220 g/mol. The third kappa shape index (κ3) is 3.08. The van der Waals surface area contributed by atoms with E-state index in [1.54, 1.807) is 6.08 Å². The van der Waals surface area contributed by atoms with E-state index in [1.807, 2.05) is 24.3 Å². The number of aliphatic hydroxyl groups excluding tert-OH is 1. The largest absolute Gasteiger partial charge is 0.389 e. The normalized spacial score (nSPS) is 12.1. The van der Waals surface area contributed by atoms with Gasteiger partial charge in [-0.05, 0) is 29.5 Å². The lowest BCUT2D eigenvalue weighted by atomic mass is 9.96. The minimum Gasteiger partial charge on any atom is -0.389 e. The molecular formula is C17H18O. The summed E-state index contributed by atoms with van der Waals surface area (Å²) in [5.41, 5.74) is 3.74. The van der Waals surface area contributed by atoms with Gasteiger partial charge >= 0.3 is 0 Å². The molecule has 2 aromatic carbocycles. The number of hydrogen-bond acceptors (Lipinski definition) is 1. The zero-order valence-electron chi connectivity index (χ0n) is 10.4. The maximum Gasteiger partial charge on any atom is 0.0721 e. The summed E-state index contributed by atoms with van der Waals surface area (Å²) in [6, 6.07) is 18.7. The molecule has 0 aliphatic carbocycles. The molecule has 2 rings (SSSR count). The molecule has 1 atom stereocenters. The van der Waals surface area contributed by atoms with Crippen molar-refractivity contribution in [2.24, 2.45) is 0 Å². The van der Waals surface area contributed by atoms with E-state index < -0.39 is 6.10 Å². The molecule has 1 nitrogen and oxygen atoms in total. The van der Waals surface area contributed by atoms with E-state index in [0.717, 1.165) is 6.42 Å².